The zero-order valence-corrected chi connectivity index (χ0v) is 30.4. The van der Waals surface area contributed by atoms with E-state index in [1.165, 1.54) is 30.3 Å². The number of carbonyl (C=O) groups excluding carboxylic acids is 1. The number of aliphatic hydroxyl groups is 2. The molecule has 1 aromatic heterocycles. The number of carbonyl (C=O) groups is 1. The number of β-amino-alcohol motifs (C(OH)–C–C–N with tert-alkyl or cyclic N) is 1. The van der Waals surface area contributed by atoms with Crippen LogP contribution in [0.3, 0.4) is 0 Å². The van der Waals surface area contributed by atoms with Crippen LogP contribution >= 0.6 is 11.5 Å². The fourth-order valence-electron chi connectivity index (χ4n) is 6.14. The molecule has 6 rings (SSSR count). The summed E-state index contributed by atoms with van der Waals surface area (Å²) in [4.78, 5) is 18.7. The number of aromatic nitrogens is 2. The molecule has 14 nitrogen and oxygen atoms in total. The van der Waals surface area contributed by atoms with Crippen LogP contribution in [0.25, 0.3) is 0 Å². The summed E-state index contributed by atoms with van der Waals surface area (Å²) in [6.45, 7) is 6.67. The number of fused-ring (bicyclic) bond motifs is 1. The molecule has 17 heteroatoms. The smallest absolute Gasteiger partial charge is 0.410 e. The van der Waals surface area contributed by atoms with Gasteiger partial charge in [0.15, 0.2) is 0 Å². The minimum Gasteiger partial charge on any atom is -0.497 e. The monoisotopic (exact) mass is 743 g/mol. The molecule has 51 heavy (non-hydrogen) atoms. The number of anilines is 2. The molecule has 2 aliphatic rings. The second kappa shape index (κ2) is 13.4. The van der Waals surface area contributed by atoms with E-state index in [4.69, 9.17) is 18.9 Å². The third-order valence-corrected chi connectivity index (χ3v) is 11.1. The highest BCUT2D eigenvalue weighted by Crippen LogP contribution is 2.46. The SMILES string of the molecule is COc1ccc(CN(c2ncns2)S(=O)(=O)c2cc3c(cc2F)N([C@H](C)c2ccccc2C2(O)CN(C(=O)OC(C)(C)C)C2)C(O)O3)c(OC)c1. The first kappa shape index (κ1) is 36.1. The Morgan fingerprint density at radius 2 is 1.88 bits per heavy atom. The van der Waals surface area contributed by atoms with Gasteiger partial charge in [0.25, 0.3) is 16.4 Å². The third kappa shape index (κ3) is 6.85. The van der Waals surface area contributed by atoms with Gasteiger partial charge in [-0.15, -0.1) is 0 Å². The molecule has 1 amide bonds. The largest absolute Gasteiger partial charge is 0.497 e. The Morgan fingerprint density at radius 1 is 1.16 bits per heavy atom. The molecule has 2 aliphatic heterocycles. The summed E-state index contributed by atoms with van der Waals surface area (Å²) in [7, 11) is -1.72. The lowest BCUT2D eigenvalue weighted by atomic mass is 9.81. The summed E-state index contributed by atoms with van der Waals surface area (Å²) in [6.07, 6.45) is -0.986. The first-order chi connectivity index (χ1) is 24.1. The van der Waals surface area contributed by atoms with Crippen LogP contribution < -0.4 is 23.4 Å². The van der Waals surface area contributed by atoms with Crippen LogP contribution in [-0.4, -0.2) is 78.3 Å². The van der Waals surface area contributed by atoms with Crippen LogP contribution in [0.2, 0.25) is 0 Å². The number of halogens is 1. The summed E-state index contributed by atoms with van der Waals surface area (Å²) < 4.78 is 71.3. The van der Waals surface area contributed by atoms with Crippen molar-refractivity contribution in [1.82, 2.24) is 14.3 Å². The molecule has 272 valence electrons. The molecule has 3 aromatic carbocycles. The van der Waals surface area contributed by atoms with Gasteiger partial charge in [0, 0.05) is 35.3 Å². The van der Waals surface area contributed by atoms with E-state index in [0.29, 0.717) is 28.2 Å². The molecule has 0 aliphatic carbocycles. The molecule has 0 bridgehead atoms. The lowest BCUT2D eigenvalue weighted by Crippen LogP contribution is -2.62. The number of likely N-dealkylation sites (tertiary alicyclic amines) is 1. The van der Waals surface area contributed by atoms with Crippen molar-refractivity contribution in [3.63, 3.8) is 0 Å². The predicted molar refractivity (Wildman–Crippen MR) is 185 cm³/mol. The highest BCUT2D eigenvalue weighted by Gasteiger charge is 2.49. The van der Waals surface area contributed by atoms with Gasteiger partial charge in [-0.25, -0.2) is 26.9 Å². The van der Waals surface area contributed by atoms with E-state index in [-0.39, 0.29) is 36.2 Å². The van der Waals surface area contributed by atoms with Crippen LogP contribution in [0, 0.1) is 5.82 Å². The number of nitrogens with zero attached hydrogens (tertiary/aromatic N) is 5. The quantitative estimate of drug-likeness (QED) is 0.229. The molecular formula is C34H38FN5O9S2. The number of amides is 1. The number of methoxy groups -OCH3 is 2. The first-order valence-electron chi connectivity index (χ1n) is 15.8. The number of benzene rings is 3. The fourth-order valence-corrected chi connectivity index (χ4v) is 8.34. The Labute approximate surface area is 298 Å². The molecule has 1 saturated heterocycles. The number of sulfonamides is 1. The van der Waals surface area contributed by atoms with E-state index in [0.717, 1.165) is 28.0 Å². The van der Waals surface area contributed by atoms with E-state index in [9.17, 15) is 23.4 Å². The standard InChI is InChI=1S/C34H38FN5O9S2/c1-20(23-9-7-8-10-24(23)34(43)17-38(18-34)31(41)49-33(2,3)4)40-26-14-25(35)29(15-28(26)48-32(40)42)51(44,45)39(30-36-19-37-50-30)16-21-11-12-22(46-5)13-27(21)47-6/h7-15,19-20,32,42-43H,16-18H2,1-6H3/t20-,32?/m1/s1. The number of hydrogen-bond acceptors (Lipinski definition) is 13. The first-order valence-corrected chi connectivity index (χ1v) is 18.0. The van der Waals surface area contributed by atoms with Crippen molar-refractivity contribution in [2.75, 3.05) is 36.5 Å². The summed E-state index contributed by atoms with van der Waals surface area (Å²) in [6, 6.07) is 13.1. The molecule has 4 aromatic rings. The van der Waals surface area contributed by atoms with Gasteiger partial charge in [0.2, 0.25) is 5.13 Å². The average molecular weight is 744 g/mol. The van der Waals surface area contributed by atoms with Crippen LogP contribution in [-0.2, 0) is 26.9 Å². The van der Waals surface area contributed by atoms with Crippen molar-refractivity contribution in [2.24, 2.45) is 0 Å². The summed E-state index contributed by atoms with van der Waals surface area (Å²) in [5, 5.41) is 22.7. The summed E-state index contributed by atoms with van der Waals surface area (Å²) in [5.74, 6) is -0.343. The Bertz CT molecular complexity index is 2040. The molecule has 2 atom stereocenters. The van der Waals surface area contributed by atoms with Gasteiger partial charge < -0.3 is 39.0 Å². The maximum absolute atomic E-state index is 16.1. The van der Waals surface area contributed by atoms with Crippen molar-refractivity contribution in [1.29, 1.82) is 0 Å². The van der Waals surface area contributed by atoms with Gasteiger partial charge in [-0.05, 0) is 51.0 Å². The highest BCUT2D eigenvalue weighted by atomic mass is 32.2. The Morgan fingerprint density at radius 3 is 2.53 bits per heavy atom. The lowest BCUT2D eigenvalue weighted by Gasteiger charge is -2.48. The molecule has 3 heterocycles. The van der Waals surface area contributed by atoms with Crippen molar-refractivity contribution >= 4 is 38.5 Å². The van der Waals surface area contributed by atoms with E-state index in [1.807, 2.05) is 0 Å². The van der Waals surface area contributed by atoms with E-state index in [2.05, 4.69) is 9.36 Å². The maximum atomic E-state index is 16.1. The van der Waals surface area contributed by atoms with Gasteiger partial charge >= 0.3 is 6.09 Å². The van der Waals surface area contributed by atoms with Gasteiger partial charge in [0.1, 0.15) is 45.5 Å². The molecule has 0 saturated carbocycles. The number of hydrogen-bond donors (Lipinski definition) is 2. The van der Waals surface area contributed by atoms with Gasteiger partial charge in [-0.1, -0.05) is 24.3 Å². The molecule has 0 spiro atoms. The van der Waals surface area contributed by atoms with E-state index in [1.54, 1.807) is 70.2 Å². The summed E-state index contributed by atoms with van der Waals surface area (Å²) in [5.41, 5.74) is -0.500. The van der Waals surface area contributed by atoms with Gasteiger partial charge in [0.05, 0.1) is 45.6 Å². The van der Waals surface area contributed by atoms with Crippen LogP contribution in [0.4, 0.5) is 20.0 Å². The third-order valence-electron chi connectivity index (χ3n) is 8.59. The molecule has 1 fully saturated rings. The minimum atomic E-state index is -4.64. The maximum Gasteiger partial charge on any atom is 0.410 e. The van der Waals surface area contributed by atoms with E-state index >= 15 is 4.39 Å². The van der Waals surface area contributed by atoms with Crippen LogP contribution in [0.1, 0.15) is 50.4 Å². The minimum absolute atomic E-state index is 0.0141. The van der Waals surface area contributed by atoms with Gasteiger partial charge in [-0.3, -0.25) is 0 Å². The fraction of sp³-hybridized carbons (Fsp3) is 0.382. The number of ether oxygens (including phenoxy) is 4. The Kier molecular flexibility index (Phi) is 9.51. The second-order valence-corrected chi connectivity index (χ2v) is 15.7. The zero-order valence-electron chi connectivity index (χ0n) is 28.7. The van der Waals surface area contributed by atoms with Gasteiger partial charge in [-0.2, -0.15) is 4.37 Å². The molecule has 1 unspecified atom stereocenters. The van der Waals surface area contributed by atoms with Crippen molar-refractivity contribution < 1.29 is 46.8 Å². The molecule has 0 radical (unpaired) electrons. The second-order valence-electron chi connectivity index (χ2n) is 13.1. The average Bonchev–Trinajstić information content (AvgIpc) is 3.71. The van der Waals surface area contributed by atoms with Crippen molar-refractivity contribution in [2.45, 2.75) is 62.8 Å². The van der Waals surface area contributed by atoms with Crippen LogP contribution in [0.15, 0.2) is 65.8 Å². The highest BCUT2D eigenvalue weighted by molar-refractivity contribution is 7.93. The molecular weight excluding hydrogens is 706 g/mol. The Hall–Kier alpha value is -4.71. The molecule has 2 N–H and O–H groups in total. The predicted octanol–water partition coefficient (Wildman–Crippen LogP) is 4.76. The number of rotatable bonds is 10. The zero-order chi connectivity index (χ0) is 36.9. The van der Waals surface area contributed by atoms with Crippen molar-refractivity contribution in [3.05, 3.63) is 83.4 Å². The Balaban J connectivity index is 1.31. The van der Waals surface area contributed by atoms with Crippen molar-refractivity contribution in [3.8, 4) is 17.2 Å². The number of aliphatic hydroxyl groups excluding tert-OH is 1. The topological polar surface area (TPSA) is 164 Å². The normalized spacial score (nSPS) is 17.2. The van der Waals surface area contributed by atoms with E-state index < -0.39 is 50.5 Å². The summed E-state index contributed by atoms with van der Waals surface area (Å²) >= 11 is 0.809. The van der Waals surface area contributed by atoms with Crippen LogP contribution in [0.5, 0.6) is 17.2 Å². The lowest BCUT2D eigenvalue weighted by molar-refractivity contribution is -0.104.